The molecule has 0 saturated heterocycles. The molecule has 2 atom stereocenters. The Morgan fingerprint density at radius 2 is 1.88 bits per heavy atom. The molecule has 1 aromatic carbocycles. The Labute approximate surface area is 93.7 Å². The number of aliphatic carboxylic acids is 1. The molecule has 0 aliphatic carbocycles. The lowest BCUT2D eigenvalue weighted by Crippen LogP contribution is -2.28. The molecular weight excluding hydrogens is 246 g/mol. The van der Waals surface area contributed by atoms with Gasteiger partial charge in [-0.1, -0.05) is 11.6 Å². The molecule has 4 nitrogen and oxygen atoms in total. The molecule has 1 aromatic rings. The van der Waals surface area contributed by atoms with Crippen LogP contribution in [0.1, 0.15) is 11.7 Å². The molecule has 0 saturated carbocycles. The molecule has 16 heavy (non-hydrogen) atoms. The van der Waals surface area contributed by atoms with Gasteiger partial charge in [0.25, 0.3) is 0 Å². The molecule has 0 aromatic heterocycles. The van der Waals surface area contributed by atoms with Gasteiger partial charge in [-0.05, 0) is 12.1 Å². The molecular formula is C9H7ClF2O4. The molecule has 0 aliphatic rings. The average molecular weight is 253 g/mol. The Kier molecular flexibility index (Phi) is 3.79. The van der Waals surface area contributed by atoms with E-state index >= 15 is 0 Å². The summed E-state index contributed by atoms with van der Waals surface area (Å²) < 4.78 is 26.4. The number of hydrogen-bond acceptors (Lipinski definition) is 3. The minimum Gasteiger partial charge on any atom is -0.479 e. The first-order valence-corrected chi connectivity index (χ1v) is 4.46. The van der Waals surface area contributed by atoms with E-state index in [0.29, 0.717) is 0 Å². The summed E-state index contributed by atoms with van der Waals surface area (Å²) in [6, 6.07) is 1.67. The van der Waals surface area contributed by atoms with E-state index < -0.39 is 40.4 Å². The minimum atomic E-state index is -2.33. The van der Waals surface area contributed by atoms with Crippen molar-refractivity contribution in [2.75, 3.05) is 0 Å². The smallest absolute Gasteiger partial charge is 0.335 e. The second kappa shape index (κ2) is 4.73. The summed E-state index contributed by atoms with van der Waals surface area (Å²) in [6.07, 6.45) is -4.56. The Balaban J connectivity index is 3.22. The molecule has 0 bridgehead atoms. The fraction of sp³-hybridized carbons (Fsp3) is 0.222. The number of carboxylic acids is 1. The number of benzene rings is 1. The van der Waals surface area contributed by atoms with Crippen molar-refractivity contribution in [2.24, 2.45) is 0 Å². The molecule has 1 rings (SSSR count). The Morgan fingerprint density at radius 3 is 2.38 bits per heavy atom. The monoisotopic (exact) mass is 252 g/mol. The van der Waals surface area contributed by atoms with Crippen molar-refractivity contribution in [3.63, 3.8) is 0 Å². The standard InChI is InChI=1S/C9H7ClF2O4/c10-3-1-2-4(11)5(6(3)12)7(13)8(14)9(15)16/h1-2,7-8,13-14H,(H,15,16). The second-order valence-corrected chi connectivity index (χ2v) is 3.39. The van der Waals surface area contributed by atoms with Crippen molar-refractivity contribution in [3.8, 4) is 0 Å². The summed E-state index contributed by atoms with van der Waals surface area (Å²) in [5.41, 5.74) is -0.970. The summed E-state index contributed by atoms with van der Waals surface area (Å²) in [5.74, 6) is -4.28. The summed E-state index contributed by atoms with van der Waals surface area (Å²) in [7, 11) is 0. The lowest BCUT2D eigenvalue weighted by atomic mass is 10.0. The maximum atomic E-state index is 13.3. The van der Waals surface area contributed by atoms with Crippen LogP contribution < -0.4 is 0 Å². The van der Waals surface area contributed by atoms with E-state index in [2.05, 4.69) is 0 Å². The summed E-state index contributed by atoms with van der Waals surface area (Å²) >= 11 is 5.33. The molecule has 0 amide bonds. The van der Waals surface area contributed by atoms with Gasteiger partial charge in [0.2, 0.25) is 0 Å². The van der Waals surface area contributed by atoms with E-state index in [1.165, 1.54) is 0 Å². The zero-order valence-corrected chi connectivity index (χ0v) is 8.45. The number of rotatable bonds is 3. The number of halogens is 3. The van der Waals surface area contributed by atoms with Gasteiger partial charge in [0, 0.05) is 0 Å². The van der Waals surface area contributed by atoms with Crippen LogP contribution >= 0.6 is 11.6 Å². The van der Waals surface area contributed by atoms with Crippen LogP contribution in [0, 0.1) is 11.6 Å². The third kappa shape index (κ3) is 2.29. The van der Waals surface area contributed by atoms with Gasteiger partial charge in [-0.25, -0.2) is 13.6 Å². The van der Waals surface area contributed by atoms with Gasteiger partial charge in [-0.3, -0.25) is 0 Å². The maximum Gasteiger partial charge on any atom is 0.335 e. The van der Waals surface area contributed by atoms with Crippen molar-refractivity contribution < 1.29 is 28.9 Å². The van der Waals surface area contributed by atoms with E-state index in [-0.39, 0.29) is 0 Å². The average Bonchev–Trinajstić information content (AvgIpc) is 2.22. The zero-order valence-electron chi connectivity index (χ0n) is 7.69. The van der Waals surface area contributed by atoms with Crippen LogP contribution in [0.2, 0.25) is 5.02 Å². The SMILES string of the molecule is O=C(O)C(O)C(O)c1c(F)ccc(Cl)c1F. The first-order valence-electron chi connectivity index (χ1n) is 4.08. The summed E-state index contributed by atoms with van der Waals surface area (Å²) in [4.78, 5) is 10.3. The van der Waals surface area contributed by atoms with Crippen LogP contribution in [0.5, 0.6) is 0 Å². The number of aliphatic hydroxyl groups is 2. The van der Waals surface area contributed by atoms with Gasteiger partial charge < -0.3 is 15.3 Å². The van der Waals surface area contributed by atoms with Gasteiger partial charge >= 0.3 is 5.97 Å². The highest BCUT2D eigenvalue weighted by Crippen LogP contribution is 2.28. The fourth-order valence-corrected chi connectivity index (χ4v) is 1.27. The third-order valence-corrected chi connectivity index (χ3v) is 2.22. The zero-order chi connectivity index (χ0) is 12.5. The molecule has 88 valence electrons. The second-order valence-electron chi connectivity index (χ2n) is 2.98. The van der Waals surface area contributed by atoms with Gasteiger partial charge in [0.1, 0.15) is 11.9 Å². The van der Waals surface area contributed by atoms with Crippen LogP contribution in [0.3, 0.4) is 0 Å². The molecule has 7 heteroatoms. The van der Waals surface area contributed by atoms with E-state index in [1.54, 1.807) is 0 Å². The number of aliphatic hydroxyl groups excluding tert-OH is 2. The Bertz CT molecular complexity index is 424. The van der Waals surface area contributed by atoms with Crippen LogP contribution in [-0.2, 0) is 4.79 Å². The highest BCUT2D eigenvalue weighted by atomic mass is 35.5. The van der Waals surface area contributed by atoms with Crippen molar-refractivity contribution in [2.45, 2.75) is 12.2 Å². The largest absolute Gasteiger partial charge is 0.479 e. The molecule has 0 spiro atoms. The maximum absolute atomic E-state index is 13.3. The van der Waals surface area contributed by atoms with Crippen molar-refractivity contribution in [1.82, 2.24) is 0 Å². The number of carbonyl (C=O) groups is 1. The van der Waals surface area contributed by atoms with Gasteiger partial charge in [0.05, 0.1) is 10.6 Å². The quantitative estimate of drug-likeness (QED) is 0.704. The normalized spacial score (nSPS) is 14.6. The molecule has 3 N–H and O–H groups in total. The minimum absolute atomic E-state index is 0.479. The first kappa shape index (κ1) is 12.8. The van der Waals surface area contributed by atoms with Gasteiger partial charge in [-0.2, -0.15) is 0 Å². The van der Waals surface area contributed by atoms with Crippen molar-refractivity contribution >= 4 is 17.6 Å². The highest BCUT2D eigenvalue weighted by Gasteiger charge is 2.30. The molecule has 0 heterocycles. The van der Waals surface area contributed by atoms with Crippen LogP contribution in [0.15, 0.2) is 12.1 Å². The van der Waals surface area contributed by atoms with E-state index in [1.807, 2.05) is 0 Å². The Morgan fingerprint density at radius 1 is 1.31 bits per heavy atom. The summed E-state index contributed by atoms with van der Waals surface area (Å²) in [6.45, 7) is 0. The molecule has 0 aliphatic heterocycles. The first-order chi connectivity index (χ1) is 7.36. The van der Waals surface area contributed by atoms with Crippen LogP contribution in [0.25, 0.3) is 0 Å². The summed E-state index contributed by atoms with van der Waals surface area (Å²) in [5, 5.41) is 26.1. The third-order valence-electron chi connectivity index (χ3n) is 1.93. The van der Waals surface area contributed by atoms with E-state index in [4.69, 9.17) is 21.8 Å². The lowest BCUT2D eigenvalue weighted by Gasteiger charge is -2.16. The van der Waals surface area contributed by atoms with Gasteiger partial charge in [-0.15, -0.1) is 0 Å². The van der Waals surface area contributed by atoms with Crippen LogP contribution in [-0.4, -0.2) is 27.4 Å². The molecule has 0 radical (unpaired) electrons. The lowest BCUT2D eigenvalue weighted by molar-refractivity contribution is -0.153. The number of hydrogen-bond donors (Lipinski definition) is 3. The van der Waals surface area contributed by atoms with E-state index in [0.717, 1.165) is 12.1 Å². The fourth-order valence-electron chi connectivity index (χ4n) is 1.11. The molecule has 2 unspecified atom stereocenters. The predicted octanol–water partition coefficient (Wildman–Crippen LogP) is 1.10. The highest BCUT2D eigenvalue weighted by molar-refractivity contribution is 6.30. The van der Waals surface area contributed by atoms with E-state index in [9.17, 15) is 18.7 Å². The van der Waals surface area contributed by atoms with Crippen LogP contribution in [0.4, 0.5) is 8.78 Å². The van der Waals surface area contributed by atoms with Gasteiger partial charge in [0.15, 0.2) is 11.9 Å². The van der Waals surface area contributed by atoms with Crippen molar-refractivity contribution in [3.05, 3.63) is 34.4 Å². The van der Waals surface area contributed by atoms with Crippen molar-refractivity contribution in [1.29, 1.82) is 0 Å². The molecule has 0 fully saturated rings. The Hall–Kier alpha value is -1.24. The predicted molar refractivity (Wildman–Crippen MR) is 50.0 cm³/mol. The topological polar surface area (TPSA) is 77.8 Å². The number of carboxylic acid groups (broad SMARTS) is 1.